The van der Waals surface area contributed by atoms with Crippen LogP contribution in [0.25, 0.3) is 5.69 Å². The van der Waals surface area contributed by atoms with Crippen molar-refractivity contribution < 1.29 is 0 Å². The molecule has 0 atom stereocenters. The Balaban J connectivity index is 0.00000280. The molecule has 1 aromatic carbocycles. The van der Waals surface area contributed by atoms with E-state index in [9.17, 15) is 0 Å². The molecule has 2 aromatic heterocycles. The summed E-state index contributed by atoms with van der Waals surface area (Å²) in [6, 6.07) is 10.4. The van der Waals surface area contributed by atoms with E-state index in [1.807, 2.05) is 36.2 Å². The number of aromatic nitrogens is 3. The van der Waals surface area contributed by atoms with E-state index < -0.39 is 0 Å². The highest BCUT2D eigenvalue weighted by Gasteiger charge is 2.09. The van der Waals surface area contributed by atoms with Crippen LogP contribution in [0.5, 0.6) is 0 Å². The van der Waals surface area contributed by atoms with Gasteiger partial charge in [0.15, 0.2) is 5.96 Å². The van der Waals surface area contributed by atoms with Crippen molar-refractivity contribution in [1.82, 2.24) is 25.4 Å². The maximum absolute atomic E-state index is 4.77. The maximum Gasteiger partial charge on any atom is 0.191 e. The molecule has 3 aromatic rings. The Morgan fingerprint density at radius 2 is 1.96 bits per heavy atom. The van der Waals surface area contributed by atoms with Crippen LogP contribution in [0, 0.1) is 20.8 Å². The zero-order chi connectivity index (χ0) is 19.2. The second kappa shape index (κ2) is 10.6. The minimum atomic E-state index is 0. The van der Waals surface area contributed by atoms with Crippen LogP contribution in [0.2, 0.25) is 0 Å². The Bertz CT molecular complexity index is 930. The molecule has 0 saturated carbocycles. The fourth-order valence-electron chi connectivity index (χ4n) is 2.89. The van der Waals surface area contributed by atoms with Crippen molar-refractivity contribution in [3.8, 4) is 5.69 Å². The first-order chi connectivity index (χ1) is 13.1. The number of aliphatic imine (C=N–C) groups is 1. The van der Waals surface area contributed by atoms with Gasteiger partial charge in [-0.3, -0.25) is 0 Å². The highest BCUT2D eigenvalue weighted by atomic mass is 127. The Labute approximate surface area is 187 Å². The summed E-state index contributed by atoms with van der Waals surface area (Å²) in [5.74, 6) is 0.800. The van der Waals surface area contributed by atoms with Gasteiger partial charge in [-0.2, -0.15) is 5.10 Å². The second-order valence-electron chi connectivity index (χ2n) is 6.38. The van der Waals surface area contributed by atoms with E-state index >= 15 is 0 Å². The molecule has 2 N–H and O–H groups in total. The van der Waals surface area contributed by atoms with Crippen molar-refractivity contribution in [1.29, 1.82) is 0 Å². The van der Waals surface area contributed by atoms with Crippen molar-refractivity contribution in [3.63, 3.8) is 0 Å². The molecule has 3 rings (SSSR count). The Morgan fingerprint density at radius 3 is 2.61 bits per heavy atom. The van der Waals surface area contributed by atoms with Gasteiger partial charge in [0.25, 0.3) is 0 Å². The van der Waals surface area contributed by atoms with Crippen LogP contribution in [-0.2, 0) is 13.1 Å². The molecule has 0 radical (unpaired) electrons. The lowest BCUT2D eigenvalue weighted by molar-refractivity contribution is 0.802. The van der Waals surface area contributed by atoms with Gasteiger partial charge in [-0.05, 0) is 45.4 Å². The van der Waals surface area contributed by atoms with Gasteiger partial charge in [0.05, 0.1) is 35.7 Å². The minimum absolute atomic E-state index is 0. The van der Waals surface area contributed by atoms with Crippen molar-refractivity contribution in [2.45, 2.75) is 40.8 Å². The molecule has 0 saturated heterocycles. The smallest absolute Gasteiger partial charge is 0.191 e. The number of nitrogens with one attached hydrogen (secondary N) is 2. The molecule has 0 bridgehead atoms. The molecule has 0 aliphatic rings. The predicted octanol–water partition coefficient (Wildman–Crippen LogP) is 4.13. The Hall–Kier alpha value is -1.94. The number of rotatable bonds is 6. The van der Waals surface area contributed by atoms with E-state index in [0.29, 0.717) is 6.54 Å². The zero-order valence-electron chi connectivity index (χ0n) is 16.7. The van der Waals surface area contributed by atoms with Gasteiger partial charge >= 0.3 is 0 Å². The van der Waals surface area contributed by atoms with Crippen molar-refractivity contribution in [3.05, 3.63) is 63.4 Å². The first-order valence-electron chi connectivity index (χ1n) is 9.11. The van der Waals surface area contributed by atoms with E-state index in [4.69, 9.17) is 4.99 Å². The fraction of sp³-hybridized carbons (Fsp3) is 0.350. The van der Waals surface area contributed by atoms with E-state index in [1.54, 1.807) is 11.3 Å². The highest BCUT2D eigenvalue weighted by Crippen LogP contribution is 2.18. The first-order valence-corrected chi connectivity index (χ1v) is 9.99. The lowest BCUT2D eigenvalue weighted by Gasteiger charge is -2.13. The first kappa shape index (κ1) is 22.4. The molecule has 0 amide bonds. The zero-order valence-corrected chi connectivity index (χ0v) is 19.8. The number of hydrogen-bond donors (Lipinski definition) is 2. The molecule has 28 heavy (non-hydrogen) atoms. The number of benzene rings is 1. The predicted molar refractivity (Wildman–Crippen MR) is 127 cm³/mol. The second-order valence-corrected chi connectivity index (χ2v) is 7.32. The third-order valence-electron chi connectivity index (χ3n) is 4.24. The summed E-state index contributed by atoms with van der Waals surface area (Å²) in [6.45, 7) is 10.3. The average Bonchev–Trinajstić information content (AvgIpc) is 3.22. The summed E-state index contributed by atoms with van der Waals surface area (Å²) in [4.78, 5) is 10.3. The van der Waals surface area contributed by atoms with Gasteiger partial charge in [0.1, 0.15) is 0 Å². The number of para-hydroxylation sites is 1. The summed E-state index contributed by atoms with van der Waals surface area (Å²) >= 11 is 1.66. The maximum atomic E-state index is 4.77. The van der Waals surface area contributed by atoms with E-state index in [-0.39, 0.29) is 24.0 Å². The van der Waals surface area contributed by atoms with Gasteiger partial charge in [0, 0.05) is 17.1 Å². The molecule has 0 spiro atoms. The molecule has 0 fully saturated rings. The normalized spacial score (nSPS) is 11.2. The SMILES string of the molecule is CCNC(=NCc1ccccc1-n1nc(C)cc1C)NCc1scnc1C.I. The Kier molecular flexibility index (Phi) is 8.43. The molecule has 6 nitrogen and oxygen atoms in total. The van der Waals surface area contributed by atoms with Gasteiger partial charge < -0.3 is 10.6 Å². The standard InChI is InChI=1S/C20H26N6S.HI/c1-5-21-20(23-12-19-16(4)24-13-27-19)22-11-17-8-6-7-9-18(17)26-15(3)10-14(2)25-26;/h6-10,13H,5,11-12H2,1-4H3,(H2,21,22,23);1H. The monoisotopic (exact) mass is 510 g/mol. The summed E-state index contributed by atoms with van der Waals surface area (Å²) in [5.41, 5.74) is 7.28. The molecule has 8 heteroatoms. The number of thiazole rings is 1. The minimum Gasteiger partial charge on any atom is -0.357 e. The van der Waals surface area contributed by atoms with Crippen LogP contribution in [0.15, 0.2) is 40.8 Å². The number of guanidine groups is 1. The molecular formula is C20H27IN6S. The van der Waals surface area contributed by atoms with Gasteiger partial charge in [-0.1, -0.05) is 18.2 Å². The van der Waals surface area contributed by atoms with Crippen LogP contribution in [0.1, 0.15) is 34.4 Å². The molecule has 0 aliphatic carbocycles. The summed E-state index contributed by atoms with van der Waals surface area (Å²) in [6.07, 6.45) is 0. The van der Waals surface area contributed by atoms with Crippen LogP contribution in [0.3, 0.4) is 0 Å². The molecule has 0 aliphatic heterocycles. The lowest BCUT2D eigenvalue weighted by Crippen LogP contribution is -2.36. The number of halogens is 1. The summed E-state index contributed by atoms with van der Waals surface area (Å²) < 4.78 is 1.99. The van der Waals surface area contributed by atoms with Crippen LogP contribution in [0.4, 0.5) is 0 Å². The third kappa shape index (κ3) is 5.54. The summed E-state index contributed by atoms with van der Waals surface area (Å²) in [5, 5.41) is 11.3. The summed E-state index contributed by atoms with van der Waals surface area (Å²) in [7, 11) is 0. The van der Waals surface area contributed by atoms with Crippen molar-refractivity contribution >= 4 is 41.3 Å². The van der Waals surface area contributed by atoms with E-state index in [0.717, 1.165) is 47.4 Å². The number of hydrogen-bond acceptors (Lipinski definition) is 4. The van der Waals surface area contributed by atoms with Crippen LogP contribution >= 0.6 is 35.3 Å². The number of nitrogens with zero attached hydrogens (tertiary/aromatic N) is 4. The molecular weight excluding hydrogens is 483 g/mol. The molecule has 0 unspecified atom stereocenters. The van der Waals surface area contributed by atoms with Gasteiger partial charge in [0.2, 0.25) is 0 Å². The van der Waals surface area contributed by atoms with Crippen molar-refractivity contribution in [2.24, 2.45) is 4.99 Å². The lowest BCUT2D eigenvalue weighted by atomic mass is 10.2. The van der Waals surface area contributed by atoms with Crippen LogP contribution < -0.4 is 10.6 Å². The van der Waals surface area contributed by atoms with Gasteiger partial charge in [-0.15, -0.1) is 35.3 Å². The largest absolute Gasteiger partial charge is 0.357 e. The van der Waals surface area contributed by atoms with Gasteiger partial charge in [-0.25, -0.2) is 14.7 Å². The molecule has 2 heterocycles. The van der Waals surface area contributed by atoms with Crippen LogP contribution in [-0.4, -0.2) is 27.3 Å². The fourth-order valence-corrected chi connectivity index (χ4v) is 3.61. The van der Waals surface area contributed by atoms with E-state index in [1.165, 1.54) is 4.88 Å². The van der Waals surface area contributed by atoms with E-state index in [2.05, 4.69) is 52.8 Å². The average molecular weight is 510 g/mol. The Morgan fingerprint density at radius 1 is 1.18 bits per heavy atom. The highest BCUT2D eigenvalue weighted by molar-refractivity contribution is 14.0. The quantitative estimate of drug-likeness (QED) is 0.298. The molecule has 150 valence electrons. The topological polar surface area (TPSA) is 67.1 Å². The van der Waals surface area contributed by atoms with Crippen molar-refractivity contribution in [2.75, 3.05) is 6.54 Å². The third-order valence-corrected chi connectivity index (χ3v) is 5.18. The number of aryl methyl sites for hydroxylation is 3.